The summed E-state index contributed by atoms with van der Waals surface area (Å²) >= 11 is 0. The first-order valence-corrected chi connectivity index (χ1v) is 9.36. The molecule has 0 radical (unpaired) electrons. The lowest BCUT2D eigenvalue weighted by atomic mass is 9.88. The van der Waals surface area contributed by atoms with Crippen LogP contribution in [0, 0.1) is 11.8 Å². The van der Waals surface area contributed by atoms with Crippen LogP contribution in [0.3, 0.4) is 0 Å². The van der Waals surface area contributed by atoms with Crippen molar-refractivity contribution in [3.05, 3.63) is 35.9 Å². The molecule has 2 aliphatic heterocycles. The Kier molecular flexibility index (Phi) is 4.70. The number of methoxy groups -OCH3 is 1. The van der Waals surface area contributed by atoms with Crippen LogP contribution in [0.1, 0.15) is 24.8 Å². The van der Waals surface area contributed by atoms with Crippen LogP contribution in [0.15, 0.2) is 30.3 Å². The zero-order chi connectivity index (χ0) is 15.6. The first-order chi connectivity index (χ1) is 11.3. The molecule has 0 amide bonds. The minimum Gasteiger partial charge on any atom is -0.381 e. The largest absolute Gasteiger partial charge is 0.381 e. The van der Waals surface area contributed by atoms with Crippen LogP contribution in [0.25, 0.3) is 0 Å². The third kappa shape index (κ3) is 3.62. The molecule has 3 fully saturated rings. The molecule has 0 unspecified atom stereocenters. The maximum Gasteiger partial charge on any atom is 0.0639 e. The molecule has 3 heteroatoms. The van der Waals surface area contributed by atoms with Crippen molar-refractivity contribution >= 4 is 0 Å². The van der Waals surface area contributed by atoms with Gasteiger partial charge in [0.15, 0.2) is 0 Å². The number of benzene rings is 1. The van der Waals surface area contributed by atoms with E-state index in [0.29, 0.717) is 18.1 Å². The SMILES string of the molecule is CO[C@@H]1CCN(CCc2ccccc2)[C@H]2CN(CC3CC3)C[C@@H]12. The van der Waals surface area contributed by atoms with E-state index < -0.39 is 0 Å². The first-order valence-electron chi connectivity index (χ1n) is 9.36. The van der Waals surface area contributed by atoms with Gasteiger partial charge in [0.05, 0.1) is 6.10 Å². The molecular weight excluding hydrogens is 284 g/mol. The van der Waals surface area contributed by atoms with E-state index in [2.05, 4.69) is 40.1 Å². The number of piperidine rings is 1. The van der Waals surface area contributed by atoms with E-state index in [-0.39, 0.29) is 0 Å². The Morgan fingerprint density at radius 2 is 1.91 bits per heavy atom. The van der Waals surface area contributed by atoms with Crippen LogP contribution in [-0.4, -0.2) is 61.8 Å². The Balaban J connectivity index is 1.39. The van der Waals surface area contributed by atoms with Gasteiger partial charge in [0.2, 0.25) is 0 Å². The molecule has 1 aromatic rings. The number of hydrogen-bond donors (Lipinski definition) is 0. The first kappa shape index (κ1) is 15.6. The second kappa shape index (κ2) is 6.92. The zero-order valence-electron chi connectivity index (χ0n) is 14.4. The maximum absolute atomic E-state index is 5.83. The maximum atomic E-state index is 5.83. The highest BCUT2D eigenvalue weighted by molar-refractivity contribution is 5.15. The topological polar surface area (TPSA) is 15.7 Å². The van der Waals surface area contributed by atoms with E-state index in [4.69, 9.17) is 4.74 Å². The number of hydrogen-bond acceptors (Lipinski definition) is 3. The Morgan fingerprint density at radius 1 is 1.09 bits per heavy atom. The molecule has 4 rings (SSSR count). The predicted molar refractivity (Wildman–Crippen MR) is 93.6 cm³/mol. The monoisotopic (exact) mass is 314 g/mol. The average Bonchev–Trinajstić information content (AvgIpc) is 3.29. The zero-order valence-corrected chi connectivity index (χ0v) is 14.4. The summed E-state index contributed by atoms with van der Waals surface area (Å²) in [4.78, 5) is 5.47. The fraction of sp³-hybridized carbons (Fsp3) is 0.700. The minimum absolute atomic E-state index is 0.470. The molecule has 1 aliphatic carbocycles. The molecule has 1 aromatic carbocycles. The molecule has 2 heterocycles. The van der Waals surface area contributed by atoms with Gasteiger partial charge < -0.3 is 9.64 Å². The summed E-state index contributed by atoms with van der Waals surface area (Å²) in [5, 5.41) is 0. The predicted octanol–water partition coefficient (Wildman–Crippen LogP) is 2.66. The Hall–Kier alpha value is -0.900. The molecule has 23 heavy (non-hydrogen) atoms. The fourth-order valence-electron chi connectivity index (χ4n) is 4.62. The van der Waals surface area contributed by atoms with Crippen molar-refractivity contribution in [1.29, 1.82) is 0 Å². The average molecular weight is 314 g/mol. The van der Waals surface area contributed by atoms with Crippen molar-refractivity contribution < 1.29 is 4.74 Å². The highest BCUT2D eigenvalue weighted by Gasteiger charge is 2.44. The van der Waals surface area contributed by atoms with E-state index in [1.165, 1.54) is 64.0 Å². The highest BCUT2D eigenvalue weighted by atomic mass is 16.5. The summed E-state index contributed by atoms with van der Waals surface area (Å²) < 4.78 is 5.83. The van der Waals surface area contributed by atoms with Crippen LogP contribution in [0.4, 0.5) is 0 Å². The van der Waals surface area contributed by atoms with Gasteiger partial charge in [0.1, 0.15) is 0 Å². The van der Waals surface area contributed by atoms with Crippen molar-refractivity contribution in [2.45, 2.75) is 37.8 Å². The Morgan fingerprint density at radius 3 is 2.65 bits per heavy atom. The third-order valence-corrected chi connectivity index (χ3v) is 6.10. The van der Waals surface area contributed by atoms with Gasteiger partial charge in [-0.15, -0.1) is 0 Å². The molecule has 3 nitrogen and oxygen atoms in total. The van der Waals surface area contributed by atoms with Gasteiger partial charge in [0.25, 0.3) is 0 Å². The summed E-state index contributed by atoms with van der Waals surface area (Å²) in [6.45, 7) is 6.23. The van der Waals surface area contributed by atoms with Crippen molar-refractivity contribution in [1.82, 2.24) is 9.80 Å². The van der Waals surface area contributed by atoms with Gasteiger partial charge in [0, 0.05) is 51.8 Å². The second-order valence-corrected chi connectivity index (χ2v) is 7.73. The van der Waals surface area contributed by atoms with Crippen molar-refractivity contribution in [2.24, 2.45) is 11.8 Å². The number of likely N-dealkylation sites (tertiary alicyclic amines) is 2. The highest BCUT2D eigenvalue weighted by Crippen LogP contribution is 2.36. The van der Waals surface area contributed by atoms with Crippen molar-refractivity contribution in [2.75, 3.05) is 39.8 Å². The lowest BCUT2D eigenvalue weighted by molar-refractivity contribution is -0.0213. The summed E-state index contributed by atoms with van der Waals surface area (Å²) in [5.41, 5.74) is 1.46. The van der Waals surface area contributed by atoms with E-state index in [9.17, 15) is 0 Å². The minimum atomic E-state index is 0.470. The fourth-order valence-corrected chi connectivity index (χ4v) is 4.62. The number of fused-ring (bicyclic) bond motifs is 1. The lowest BCUT2D eigenvalue weighted by Gasteiger charge is -2.41. The number of ether oxygens (including phenoxy) is 1. The number of rotatable bonds is 6. The molecule has 126 valence electrons. The molecule has 1 saturated carbocycles. The standard InChI is InChI=1S/C20H30N2O/c1-23-20-10-12-22(11-9-16-5-3-2-4-6-16)19-15-21(14-18(19)20)13-17-7-8-17/h2-6,17-20H,7-15H2,1H3/t18-,19+,20-/m1/s1. The molecule has 0 spiro atoms. The van der Waals surface area contributed by atoms with E-state index in [0.717, 1.165) is 5.92 Å². The Bertz CT molecular complexity index is 502. The second-order valence-electron chi connectivity index (χ2n) is 7.73. The van der Waals surface area contributed by atoms with Crippen LogP contribution in [0.2, 0.25) is 0 Å². The van der Waals surface area contributed by atoms with Crippen LogP contribution in [-0.2, 0) is 11.2 Å². The quantitative estimate of drug-likeness (QED) is 0.803. The summed E-state index contributed by atoms with van der Waals surface area (Å²) in [5.74, 6) is 1.71. The smallest absolute Gasteiger partial charge is 0.0639 e. The lowest BCUT2D eigenvalue weighted by Crippen LogP contribution is -2.51. The van der Waals surface area contributed by atoms with Gasteiger partial charge in [-0.3, -0.25) is 4.90 Å². The van der Waals surface area contributed by atoms with Gasteiger partial charge in [-0.1, -0.05) is 30.3 Å². The molecule has 3 aliphatic rings. The Labute approximate surface area is 140 Å². The van der Waals surface area contributed by atoms with Gasteiger partial charge in [-0.25, -0.2) is 0 Å². The van der Waals surface area contributed by atoms with Crippen LogP contribution >= 0.6 is 0 Å². The van der Waals surface area contributed by atoms with Crippen LogP contribution < -0.4 is 0 Å². The molecule has 0 bridgehead atoms. The van der Waals surface area contributed by atoms with Crippen LogP contribution in [0.5, 0.6) is 0 Å². The molecule has 0 aromatic heterocycles. The third-order valence-electron chi connectivity index (χ3n) is 6.10. The van der Waals surface area contributed by atoms with E-state index >= 15 is 0 Å². The molecule has 2 saturated heterocycles. The molecular formula is C20H30N2O. The van der Waals surface area contributed by atoms with Crippen molar-refractivity contribution in [3.63, 3.8) is 0 Å². The summed E-state index contributed by atoms with van der Waals surface area (Å²) in [6, 6.07) is 11.6. The summed E-state index contributed by atoms with van der Waals surface area (Å²) in [6.07, 6.45) is 5.75. The van der Waals surface area contributed by atoms with Gasteiger partial charge >= 0.3 is 0 Å². The van der Waals surface area contributed by atoms with Crippen molar-refractivity contribution in [3.8, 4) is 0 Å². The molecule has 0 N–H and O–H groups in total. The molecule has 3 atom stereocenters. The summed E-state index contributed by atoms with van der Waals surface area (Å²) in [7, 11) is 1.91. The normalized spacial score (nSPS) is 32.1. The number of nitrogens with zero attached hydrogens (tertiary/aromatic N) is 2. The van der Waals surface area contributed by atoms with E-state index in [1.54, 1.807) is 0 Å². The van der Waals surface area contributed by atoms with E-state index in [1.807, 2.05) is 7.11 Å². The van der Waals surface area contributed by atoms with Gasteiger partial charge in [-0.2, -0.15) is 0 Å². The van der Waals surface area contributed by atoms with Gasteiger partial charge in [-0.05, 0) is 37.2 Å².